The number of hydrogen-bond acceptors (Lipinski definition) is 3. The number of para-hydroxylation sites is 1. The van der Waals surface area contributed by atoms with Crippen molar-refractivity contribution in [3.05, 3.63) is 29.8 Å². The third-order valence-corrected chi connectivity index (χ3v) is 3.87. The van der Waals surface area contributed by atoms with Crippen molar-refractivity contribution in [3.8, 4) is 0 Å². The highest BCUT2D eigenvalue weighted by atomic mass is 16.5. The minimum absolute atomic E-state index is 0.0729. The summed E-state index contributed by atoms with van der Waals surface area (Å²) < 4.78 is 5.47. The van der Waals surface area contributed by atoms with Crippen molar-refractivity contribution in [2.45, 2.75) is 25.9 Å². The molecule has 100 valence electrons. The number of fused-ring (bicyclic) bond motifs is 1. The molecule has 1 aromatic rings. The average Bonchev–Trinajstić information content (AvgIpc) is 2.86. The third-order valence-electron chi connectivity index (χ3n) is 3.87. The molecule has 2 heterocycles. The van der Waals surface area contributed by atoms with Crippen molar-refractivity contribution < 1.29 is 14.3 Å². The van der Waals surface area contributed by atoms with Gasteiger partial charge in [0.15, 0.2) is 5.78 Å². The molecular formula is C15H17NO3. The Balaban J connectivity index is 1.88. The summed E-state index contributed by atoms with van der Waals surface area (Å²) in [5, 5.41) is 0. The van der Waals surface area contributed by atoms with Crippen LogP contribution in [-0.2, 0) is 9.53 Å². The molecule has 2 aliphatic rings. The van der Waals surface area contributed by atoms with E-state index in [0.717, 1.165) is 12.1 Å². The van der Waals surface area contributed by atoms with Gasteiger partial charge in [-0.2, -0.15) is 0 Å². The van der Waals surface area contributed by atoms with E-state index in [2.05, 4.69) is 0 Å². The van der Waals surface area contributed by atoms with Gasteiger partial charge in [0.05, 0.1) is 24.3 Å². The topological polar surface area (TPSA) is 46.6 Å². The van der Waals surface area contributed by atoms with Crippen LogP contribution in [0.15, 0.2) is 24.3 Å². The molecule has 19 heavy (non-hydrogen) atoms. The van der Waals surface area contributed by atoms with Gasteiger partial charge in [0.2, 0.25) is 5.91 Å². The molecule has 0 spiro atoms. The fourth-order valence-electron chi connectivity index (χ4n) is 2.85. The smallest absolute Gasteiger partial charge is 0.232 e. The summed E-state index contributed by atoms with van der Waals surface area (Å²) in [6.45, 7) is 2.97. The summed E-state index contributed by atoms with van der Waals surface area (Å²) in [4.78, 5) is 26.2. The molecule has 0 bridgehead atoms. The third kappa shape index (κ3) is 2.16. The Kier molecular flexibility index (Phi) is 3.11. The largest absolute Gasteiger partial charge is 0.378 e. The van der Waals surface area contributed by atoms with Gasteiger partial charge in [0, 0.05) is 18.5 Å². The molecule has 0 radical (unpaired) electrons. The number of anilines is 1. The highest BCUT2D eigenvalue weighted by molar-refractivity contribution is 6.09. The number of hydrogen-bond donors (Lipinski definition) is 0. The van der Waals surface area contributed by atoms with Crippen LogP contribution in [0.2, 0.25) is 0 Å². The quantitative estimate of drug-likeness (QED) is 0.775. The van der Waals surface area contributed by atoms with E-state index in [0.29, 0.717) is 25.1 Å². The first-order valence-corrected chi connectivity index (χ1v) is 6.72. The molecule has 0 aromatic heterocycles. The lowest BCUT2D eigenvalue weighted by atomic mass is 9.97. The number of rotatable bonds is 1. The van der Waals surface area contributed by atoms with E-state index >= 15 is 0 Å². The van der Waals surface area contributed by atoms with E-state index in [1.807, 2.05) is 25.1 Å². The maximum absolute atomic E-state index is 12.5. The molecule has 4 heteroatoms. The molecule has 2 aliphatic heterocycles. The predicted octanol–water partition coefficient (Wildman–Crippen LogP) is 2.03. The number of carbonyl (C=O) groups excluding carboxylic acids is 2. The molecule has 2 unspecified atom stereocenters. The molecule has 0 aliphatic carbocycles. The molecule has 1 aromatic carbocycles. The number of ether oxygens (including phenoxy) is 1. The fraction of sp³-hybridized carbons (Fsp3) is 0.467. The van der Waals surface area contributed by atoms with Crippen molar-refractivity contribution in [2.75, 3.05) is 18.1 Å². The molecule has 1 fully saturated rings. The number of carbonyl (C=O) groups is 2. The summed E-state index contributed by atoms with van der Waals surface area (Å²) >= 11 is 0. The molecule has 3 rings (SSSR count). The van der Waals surface area contributed by atoms with E-state index in [1.165, 1.54) is 0 Å². The van der Waals surface area contributed by atoms with Gasteiger partial charge >= 0.3 is 0 Å². The lowest BCUT2D eigenvalue weighted by Crippen LogP contribution is -2.41. The van der Waals surface area contributed by atoms with Crippen LogP contribution in [0.25, 0.3) is 0 Å². The SMILES string of the molecule is CC1CC(C(=O)N2CCC(=O)c3ccccc32)CO1. The Labute approximate surface area is 112 Å². The predicted molar refractivity (Wildman–Crippen MR) is 71.3 cm³/mol. The zero-order chi connectivity index (χ0) is 13.4. The van der Waals surface area contributed by atoms with Gasteiger partial charge in [-0.3, -0.25) is 9.59 Å². The first-order valence-electron chi connectivity index (χ1n) is 6.72. The van der Waals surface area contributed by atoms with Crippen LogP contribution >= 0.6 is 0 Å². The molecule has 1 amide bonds. The van der Waals surface area contributed by atoms with E-state index in [1.54, 1.807) is 11.0 Å². The maximum Gasteiger partial charge on any atom is 0.232 e. The minimum atomic E-state index is -0.0729. The monoisotopic (exact) mass is 259 g/mol. The Morgan fingerprint density at radius 1 is 1.37 bits per heavy atom. The second-order valence-corrected chi connectivity index (χ2v) is 5.26. The number of amides is 1. The second kappa shape index (κ2) is 4.78. The van der Waals surface area contributed by atoms with Gasteiger partial charge in [-0.05, 0) is 25.5 Å². The standard InChI is InChI=1S/C15H17NO3/c1-10-8-11(9-19-10)15(18)16-7-6-14(17)12-4-2-3-5-13(12)16/h2-5,10-11H,6-9H2,1H3. The molecule has 0 N–H and O–H groups in total. The van der Waals surface area contributed by atoms with Crippen LogP contribution in [0.5, 0.6) is 0 Å². The second-order valence-electron chi connectivity index (χ2n) is 5.26. The molecule has 2 atom stereocenters. The zero-order valence-electron chi connectivity index (χ0n) is 11.0. The van der Waals surface area contributed by atoms with Gasteiger partial charge in [-0.25, -0.2) is 0 Å². The Bertz CT molecular complexity index is 526. The summed E-state index contributed by atoms with van der Waals surface area (Å²) in [6.07, 6.45) is 1.33. The first kappa shape index (κ1) is 12.4. The zero-order valence-corrected chi connectivity index (χ0v) is 11.0. The Morgan fingerprint density at radius 2 is 2.16 bits per heavy atom. The van der Waals surface area contributed by atoms with E-state index < -0.39 is 0 Å². The number of ketones is 1. The van der Waals surface area contributed by atoms with Gasteiger partial charge in [-0.15, -0.1) is 0 Å². The van der Waals surface area contributed by atoms with Crippen LogP contribution < -0.4 is 4.90 Å². The average molecular weight is 259 g/mol. The molecule has 4 nitrogen and oxygen atoms in total. The Morgan fingerprint density at radius 3 is 2.89 bits per heavy atom. The maximum atomic E-state index is 12.5. The normalized spacial score (nSPS) is 26.4. The van der Waals surface area contributed by atoms with Crippen molar-refractivity contribution in [1.29, 1.82) is 0 Å². The van der Waals surface area contributed by atoms with Gasteiger partial charge in [0.25, 0.3) is 0 Å². The van der Waals surface area contributed by atoms with E-state index in [-0.39, 0.29) is 23.7 Å². The van der Waals surface area contributed by atoms with Crippen LogP contribution in [0, 0.1) is 5.92 Å². The van der Waals surface area contributed by atoms with Gasteiger partial charge in [-0.1, -0.05) is 12.1 Å². The lowest BCUT2D eigenvalue weighted by Gasteiger charge is -2.30. The highest BCUT2D eigenvalue weighted by Crippen LogP contribution is 2.30. The van der Waals surface area contributed by atoms with E-state index in [4.69, 9.17) is 4.74 Å². The summed E-state index contributed by atoms with van der Waals surface area (Å²) in [5.74, 6) is 0.135. The molecular weight excluding hydrogens is 242 g/mol. The highest BCUT2D eigenvalue weighted by Gasteiger charge is 2.35. The van der Waals surface area contributed by atoms with Gasteiger partial charge < -0.3 is 9.64 Å². The van der Waals surface area contributed by atoms with Crippen LogP contribution in [0.4, 0.5) is 5.69 Å². The Hall–Kier alpha value is -1.68. The van der Waals surface area contributed by atoms with Crippen molar-refractivity contribution in [1.82, 2.24) is 0 Å². The molecule has 1 saturated heterocycles. The van der Waals surface area contributed by atoms with Gasteiger partial charge in [0.1, 0.15) is 0 Å². The van der Waals surface area contributed by atoms with Crippen LogP contribution in [0.1, 0.15) is 30.1 Å². The number of benzene rings is 1. The van der Waals surface area contributed by atoms with Crippen molar-refractivity contribution >= 4 is 17.4 Å². The number of nitrogens with zero attached hydrogens (tertiary/aromatic N) is 1. The minimum Gasteiger partial charge on any atom is -0.378 e. The molecule has 0 saturated carbocycles. The first-order chi connectivity index (χ1) is 9.16. The summed E-state index contributed by atoms with van der Waals surface area (Å²) in [5.41, 5.74) is 1.41. The van der Waals surface area contributed by atoms with Crippen molar-refractivity contribution in [2.24, 2.45) is 5.92 Å². The van der Waals surface area contributed by atoms with Crippen LogP contribution in [-0.4, -0.2) is 30.9 Å². The summed E-state index contributed by atoms with van der Waals surface area (Å²) in [6, 6.07) is 7.35. The summed E-state index contributed by atoms with van der Waals surface area (Å²) in [7, 11) is 0. The number of Topliss-reactive ketones (excluding diaryl/α,β-unsaturated/α-hetero) is 1. The van der Waals surface area contributed by atoms with E-state index in [9.17, 15) is 9.59 Å². The van der Waals surface area contributed by atoms with Crippen molar-refractivity contribution in [3.63, 3.8) is 0 Å². The fourth-order valence-corrected chi connectivity index (χ4v) is 2.85. The lowest BCUT2D eigenvalue weighted by molar-refractivity contribution is -0.122. The van der Waals surface area contributed by atoms with Crippen LogP contribution in [0.3, 0.4) is 0 Å².